The minimum atomic E-state index is -0.163. The van der Waals surface area contributed by atoms with Crippen molar-refractivity contribution >= 4 is 17.6 Å². The second-order valence-electron chi connectivity index (χ2n) is 4.29. The van der Waals surface area contributed by atoms with Gasteiger partial charge in [-0.2, -0.15) is 0 Å². The molecule has 5 heteroatoms. The van der Waals surface area contributed by atoms with Crippen molar-refractivity contribution in [3.8, 4) is 5.75 Å². The van der Waals surface area contributed by atoms with Crippen LogP contribution in [-0.4, -0.2) is 44.7 Å². The van der Waals surface area contributed by atoms with E-state index in [9.17, 15) is 4.79 Å². The molecule has 0 atom stereocenters. The summed E-state index contributed by atoms with van der Waals surface area (Å²) in [5.74, 6) is 0.610. The lowest BCUT2D eigenvalue weighted by Gasteiger charge is -2.16. The van der Waals surface area contributed by atoms with Gasteiger partial charge in [-0.25, -0.2) is 0 Å². The van der Waals surface area contributed by atoms with Gasteiger partial charge >= 0.3 is 5.97 Å². The van der Waals surface area contributed by atoms with Crippen molar-refractivity contribution in [2.75, 3.05) is 33.9 Å². The number of benzene rings is 1. The molecular weight excluding hydrogens is 266 g/mol. The summed E-state index contributed by atoms with van der Waals surface area (Å²) in [4.78, 5) is 13.1. The van der Waals surface area contributed by atoms with Gasteiger partial charge in [0.15, 0.2) is 0 Å². The van der Waals surface area contributed by atoms with Crippen LogP contribution in [0, 0.1) is 0 Å². The van der Waals surface area contributed by atoms with E-state index in [-0.39, 0.29) is 5.97 Å². The highest BCUT2D eigenvalue weighted by molar-refractivity contribution is 6.30. The highest BCUT2D eigenvalue weighted by Gasteiger charge is 2.03. The Balaban J connectivity index is 2.13. The molecule has 0 radical (unpaired) electrons. The van der Waals surface area contributed by atoms with Gasteiger partial charge in [0.05, 0.1) is 7.11 Å². The minimum absolute atomic E-state index is 0.163. The van der Waals surface area contributed by atoms with Gasteiger partial charge in [0, 0.05) is 18.0 Å². The number of likely N-dealkylation sites (N-methyl/N-ethyl adjacent to an activating group) is 1. The van der Waals surface area contributed by atoms with Crippen LogP contribution >= 0.6 is 11.6 Å². The zero-order valence-corrected chi connectivity index (χ0v) is 12.2. The maximum Gasteiger partial charge on any atom is 0.305 e. The molecule has 106 valence electrons. The van der Waals surface area contributed by atoms with Crippen LogP contribution in [0.1, 0.15) is 12.8 Å². The van der Waals surface area contributed by atoms with Gasteiger partial charge in [-0.15, -0.1) is 0 Å². The first-order valence-electron chi connectivity index (χ1n) is 6.25. The third-order valence-electron chi connectivity index (χ3n) is 2.69. The molecule has 0 aromatic heterocycles. The van der Waals surface area contributed by atoms with Crippen LogP contribution in [0.25, 0.3) is 0 Å². The topological polar surface area (TPSA) is 38.8 Å². The molecule has 4 nitrogen and oxygen atoms in total. The molecule has 1 aromatic rings. The highest BCUT2D eigenvalue weighted by Crippen LogP contribution is 2.16. The quantitative estimate of drug-likeness (QED) is 0.688. The van der Waals surface area contributed by atoms with Crippen molar-refractivity contribution in [2.24, 2.45) is 0 Å². The first-order chi connectivity index (χ1) is 9.11. The van der Waals surface area contributed by atoms with E-state index >= 15 is 0 Å². The number of esters is 1. The van der Waals surface area contributed by atoms with Gasteiger partial charge in [-0.1, -0.05) is 17.7 Å². The van der Waals surface area contributed by atoms with Crippen LogP contribution in [-0.2, 0) is 9.53 Å². The highest BCUT2D eigenvalue weighted by atomic mass is 35.5. The Kier molecular flexibility index (Phi) is 7.30. The van der Waals surface area contributed by atoms with Crippen LogP contribution < -0.4 is 4.74 Å². The smallest absolute Gasteiger partial charge is 0.305 e. The number of carbonyl (C=O) groups is 1. The van der Waals surface area contributed by atoms with E-state index in [1.165, 1.54) is 7.11 Å². The standard InChI is InChI=1S/C14H20ClNO3/c1-16(8-4-7-14(17)18-2)9-10-19-13-6-3-5-12(15)11-13/h3,5-6,11H,4,7-10H2,1-2H3. The largest absolute Gasteiger partial charge is 0.492 e. The molecule has 0 heterocycles. The number of methoxy groups -OCH3 is 1. The predicted octanol–water partition coefficient (Wildman–Crippen LogP) is 2.60. The van der Waals surface area contributed by atoms with Gasteiger partial charge in [-0.05, 0) is 38.2 Å². The Hall–Kier alpha value is -1.26. The number of rotatable bonds is 8. The Labute approximate surface area is 119 Å². The van der Waals surface area contributed by atoms with E-state index in [0.29, 0.717) is 18.1 Å². The van der Waals surface area contributed by atoms with Gasteiger partial charge in [0.25, 0.3) is 0 Å². The van der Waals surface area contributed by atoms with Gasteiger partial charge in [0.1, 0.15) is 12.4 Å². The van der Waals surface area contributed by atoms with E-state index in [1.54, 1.807) is 6.07 Å². The first-order valence-corrected chi connectivity index (χ1v) is 6.63. The van der Waals surface area contributed by atoms with E-state index in [4.69, 9.17) is 16.3 Å². The number of carbonyl (C=O) groups excluding carboxylic acids is 1. The summed E-state index contributed by atoms with van der Waals surface area (Å²) in [6.07, 6.45) is 1.25. The fraction of sp³-hybridized carbons (Fsp3) is 0.500. The maximum atomic E-state index is 10.9. The normalized spacial score (nSPS) is 10.5. The summed E-state index contributed by atoms with van der Waals surface area (Å²) < 4.78 is 10.2. The molecular formula is C14H20ClNO3. The molecule has 0 aliphatic heterocycles. The predicted molar refractivity (Wildman–Crippen MR) is 75.7 cm³/mol. The van der Waals surface area contributed by atoms with Crippen molar-refractivity contribution in [1.82, 2.24) is 4.90 Å². The van der Waals surface area contributed by atoms with Crippen molar-refractivity contribution < 1.29 is 14.3 Å². The van der Waals surface area contributed by atoms with Crippen molar-refractivity contribution in [3.05, 3.63) is 29.3 Å². The second kappa shape index (κ2) is 8.77. The lowest BCUT2D eigenvalue weighted by atomic mass is 10.3. The first kappa shape index (κ1) is 15.8. The molecule has 0 saturated carbocycles. The number of hydrogen-bond donors (Lipinski definition) is 0. The van der Waals surface area contributed by atoms with Crippen LogP contribution in [0.5, 0.6) is 5.75 Å². The molecule has 0 unspecified atom stereocenters. The van der Waals surface area contributed by atoms with Crippen molar-refractivity contribution in [3.63, 3.8) is 0 Å². The number of halogens is 1. The molecule has 0 bridgehead atoms. The van der Waals surface area contributed by atoms with Gasteiger partial charge in [-0.3, -0.25) is 4.79 Å². The average molecular weight is 286 g/mol. The van der Waals surface area contributed by atoms with E-state index in [0.717, 1.165) is 25.3 Å². The summed E-state index contributed by atoms with van der Waals surface area (Å²) in [6, 6.07) is 7.34. The van der Waals surface area contributed by atoms with Gasteiger partial charge < -0.3 is 14.4 Å². The molecule has 0 N–H and O–H groups in total. The Morgan fingerprint density at radius 1 is 1.37 bits per heavy atom. The maximum absolute atomic E-state index is 10.9. The lowest BCUT2D eigenvalue weighted by Crippen LogP contribution is -2.25. The molecule has 0 spiro atoms. The molecule has 0 amide bonds. The zero-order chi connectivity index (χ0) is 14.1. The third kappa shape index (κ3) is 7.03. The molecule has 1 rings (SSSR count). The minimum Gasteiger partial charge on any atom is -0.492 e. The molecule has 0 saturated heterocycles. The molecule has 19 heavy (non-hydrogen) atoms. The Bertz CT molecular complexity index is 398. The zero-order valence-electron chi connectivity index (χ0n) is 11.4. The summed E-state index contributed by atoms with van der Waals surface area (Å²) >= 11 is 5.86. The van der Waals surface area contributed by atoms with E-state index in [1.807, 2.05) is 25.2 Å². The monoisotopic (exact) mass is 285 g/mol. The van der Waals surface area contributed by atoms with Crippen LogP contribution in [0.15, 0.2) is 24.3 Å². The van der Waals surface area contributed by atoms with E-state index < -0.39 is 0 Å². The summed E-state index contributed by atoms with van der Waals surface area (Å²) in [5.41, 5.74) is 0. The van der Waals surface area contributed by atoms with Crippen LogP contribution in [0.3, 0.4) is 0 Å². The Morgan fingerprint density at radius 3 is 2.84 bits per heavy atom. The average Bonchev–Trinajstić information content (AvgIpc) is 2.38. The number of nitrogens with zero attached hydrogens (tertiary/aromatic N) is 1. The lowest BCUT2D eigenvalue weighted by molar-refractivity contribution is -0.140. The second-order valence-corrected chi connectivity index (χ2v) is 4.73. The third-order valence-corrected chi connectivity index (χ3v) is 2.92. The van der Waals surface area contributed by atoms with Crippen LogP contribution in [0.2, 0.25) is 5.02 Å². The fourth-order valence-electron chi connectivity index (χ4n) is 1.58. The summed E-state index contributed by atoms with van der Waals surface area (Å²) in [5, 5.41) is 0.670. The fourth-order valence-corrected chi connectivity index (χ4v) is 1.76. The van der Waals surface area contributed by atoms with Gasteiger partial charge in [0.2, 0.25) is 0 Å². The SMILES string of the molecule is COC(=O)CCCN(C)CCOc1cccc(Cl)c1. The van der Waals surface area contributed by atoms with E-state index in [2.05, 4.69) is 9.64 Å². The van der Waals surface area contributed by atoms with Crippen LogP contribution in [0.4, 0.5) is 0 Å². The van der Waals surface area contributed by atoms with Crippen molar-refractivity contribution in [2.45, 2.75) is 12.8 Å². The summed E-state index contributed by atoms with van der Waals surface area (Å²) in [6.45, 7) is 2.23. The van der Waals surface area contributed by atoms with Crippen molar-refractivity contribution in [1.29, 1.82) is 0 Å². The number of ether oxygens (including phenoxy) is 2. The molecule has 0 aliphatic rings. The number of hydrogen-bond acceptors (Lipinski definition) is 4. The molecule has 1 aromatic carbocycles. The molecule has 0 aliphatic carbocycles. The Morgan fingerprint density at radius 2 is 2.16 bits per heavy atom. The summed E-state index contributed by atoms with van der Waals surface area (Å²) in [7, 11) is 3.41. The molecule has 0 fully saturated rings.